The van der Waals surface area contributed by atoms with Gasteiger partial charge in [0, 0.05) is 52.8 Å². The summed E-state index contributed by atoms with van der Waals surface area (Å²) in [7, 11) is 0. The number of nitrogens with two attached hydrogens (primary N) is 4. The van der Waals surface area contributed by atoms with Gasteiger partial charge in [0.2, 0.25) is 0 Å². The van der Waals surface area contributed by atoms with Gasteiger partial charge in [-0.05, 0) is 293 Å². The van der Waals surface area contributed by atoms with Gasteiger partial charge in [0.15, 0.2) is 0 Å². The van der Waals surface area contributed by atoms with Crippen molar-refractivity contribution in [3.8, 4) is 0 Å². The molecule has 15 N–H and O–H groups in total. The van der Waals surface area contributed by atoms with Crippen LogP contribution in [-0.2, 0) is 38.0 Å². The maximum atomic E-state index is 11.7. The molecule has 0 saturated carbocycles. The van der Waals surface area contributed by atoms with E-state index in [9.17, 15) is 34.2 Å². The Balaban J connectivity index is -0.000000262. The molecule has 3 atom stereocenters. The lowest BCUT2D eigenvalue weighted by atomic mass is 10.2. The monoisotopic (exact) mass is 1480 g/mol. The molecule has 1 aliphatic heterocycles. The molecule has 0 aromatic carbocycles. The number of hydrogen-bond acceptors (Lipinski definition) is 23. The number of halogens is 1. The zero-order chi connectivity index (χ0) is 75.5. The number of nitrogens with zero attached hydrogens (tertiary/aromatic N) is 4. The minimum atomic E-state index is -0.503. The van der Waals surface area contributed by atoms with E-state index in [0.29, 0.717) is 56.6 Å². The smallest absolute Gasteiger partial charge is 0.419 e. The minimum Gasteiger partial charge on any atom is -0.460 e. The van der Waals surface area contributed by atoms with Crippen LogP contribution in [0.5, 0.6) is 0 Å². The van der Waals surface area contributed by atoms with Crippen molar-refractivity contribution in [2.45, 2.75) is 274 Å². The van der Waals surface area contributed by atoms with Gasteiger partial charge in [-0.3, -0.25) is 9.59 Å². The Morgan fingerprint density at radius 2 is 0.874 bits per heavy atom. The second-order valence-corrected chi connectivity index (χ2v) is 28.8. The number of amides is 2. The first-order valence-electron chi connectivity index (χ1n) is 34.7. The fourth-order valence-electron chi connectivity index (χ4n) is 6.88. The number of aromatic nitrogens is 2. The van der Waals surface area contributed by atoms with Gasteiger partial charge >= 0.3 is 30.2 Å². The fourth-order valence-corrected chi connectivity index (χ4v) is 6.88. The van der Waals surface area contributed by atoms with E-state index in [-0.39, 0.29) is 24.1 Å². The molecule has 95 heavy (non-hydrogen) atoms. The SMILES string of the molecule is CC(C)(C)O.CC(C)(C)OC(=O)CCCCNCCCNC(=O)OC(C)(C)C.CC(C)(C)OC(=O)n1ccnc1.CC(O)CN(CCCCC(=O)OC(C)(C)C)CCCNC(=O)OC(C)(C)C.CC(O)CN(CCCN)CCCN.CC1CO1.NCCCNCCCN.[2H]CI. The molecule has 1 aliphatic rings. The minimum absolute atomic E-state index is 0.140. The fraction of sp³-hybridized carbons (Fsp3) is 0.882. The Kier molecular flexibility index (Phi) is 64.8. The van der Waals surface area contributed by atoms with Crippen LogP contribution in [0.15, 0.2) is 18.7 Å². The number of hydrogen-bond donors (Lipinski definition) is 11. The van der Waals surface area contributed by atoms with Gasteiger partial charge in [0.25, 0.3) is 0 Å². The summed E-state index contributed by atoms with van der Waals surface area (Å²) in [5.41, 5.74) is 18.6. The van der Waals surface area contributed by atoms with Gasteiger partial charge in [-0.2, -0.15) is 0 Å². The second-order valence-electron chi connectivity index (χ2n) is 28.8. The summed E-state index contributed by atoms with van der Waals surface area (Å²) < 4.78 is 38.1. The van der Waals surface area contributed by atoms with Crippen molar-refractivity contribution >= 4 is 52.8 Å². The lowest BCUT2D eigenvalue weighted by Crippen LogP contribution is -2.36. The molecule has 2 heterocycles. The van der Waals surface area contributed by atoms with E-state index >= 15 is 0 Å². The molecule has 2 amide bonds. The van der Waals surface area contributed by atoms with Crippen molar-refractivity contribution in [1.82, 2.24) is 40.6 Å². The van der Waals surface area contributed by atoms with Crippen LogP contribution in [0.1, 0.15) is 224 Å². The number of aliphatic hydroxyl groups excluding tert-OH is 2. The van der Waals surface area contributed by atoms with Crippen LogP contribution in [-0.4, -0.2) is 233 Å². The number of carbonyl (C=O) groups excluding carboxylic acids is 5. The van der Waals surface area contributed by atoms with Crippen LogP contribution in [0.3, 0.4) is 0 Å². The highest BCUT2D eigenvalue weighted by Crippen LogP contribution is 2.13. The van der Waals surface area contributed by atoms with Gasteiger partial charge in [0.1, 0.15) is 34.3 Å². The van der Waals surface area contributed by atoms with Crippen LogP contribution < -0.4 is 44.2 Å². The van der Waals surface area contributed by atoms with E-state index in [2.05, 4.69) is 43.0 Å². The van der Waals surface area contributed by atoms with Crippen molar-refractivity contribution in [3.63, 3.8) is 0 Å². The molecule has 27 heteroatoms. The molecule has 26 nitrogen and oxygen atoms in total. The van der Waals surface area contributed by atoms with Gasteiger partial charge in [0.05, 0.1) is 30.5 Å². The normalized spacial score (nSPS) is 13.4. The van der Waals surface area contributed by atoms with E-state index in [1.807, 2.05) is 126 Å². The molecule has 0 radical (unpaired) electrons. The van der Waals surface area contributed by atoms with Gasteiger partial charge in [-0.1, -0.05) is 22.6 Å². The van der Waals surface area contributed by atoms with Crippen LogP contribution in [0.4, 0.5) is 14.4 Å². The number of alkyl carbamates (subject to hydrolysis) is 2. The number of aliphatic hydroxyl groups is 3. The topological polar surface area (TPSA) is 381 Å². The first kappa shape index (κ1) is 100. The number of alkyl halides is 1. The van der Waals surface area contributed by atoms with Crippen molar-refractivity contribution in [2.24, 2.45) is 22.9 Å². The molecule has 1 aromatic rings. The summed E-state index contributed by atoms with van der Waals surface area (Å²) >= 11 is 1.96. The predicted octanol–water partition coefficient (Wildman–Crippen LogP) is 8.64. The number of esters is 2. The second kappa shape index (κ2) is 61.5. The van der Waals surface area contributed by atoms with Crippen molar-refractivity contribution in [2.75, 3.05) is 116 Å². The van der Waals surface area contributed by atoms with Crippen LogP contribution in [0, 0.1) is 0 Å². The summed E-state index contributed by atoms with van der Waals surface area (Å²) in [4.78, 5) is 66.0. The van der Waals surface area contributed by atoms with E-state index in [1.165, 1.54) is 17.1 Å². The molecular weight excluding hydrogens is 1340 g/mol. The van der Waals surface area contributed by atoms with Crippen LogP contribution in [0.2, 0.25) is 0 Å². The third kappa shape index (κ3) is 102. The summed E-state index contributed by atoms with van der Waals surface area (Å²) in [6.07, 6.45) is 13.1. The Morgan fingerprint density at radius 3 is 1.19 bits per heavy atom. The highest BCUT2D eigenvalue weighted by atomic mass is 127. The van der Waals surface area contributed by atoms with E-state index in [0.717, 1.165) is 143 Å². The first-order valence-corrected chi connectivity index (χ1v) is 35.5. The number of rotatable bonds is 34. The Hall–Kier alpha value is -3.59. The molecule has 0 spiro atoms. The van der Waals surface area contributed by atoms with Crippen molar-refractivity contribution in [3.05, 3.63) is 18.7 Å². The van der Waals surface area contributed by atoms with E-state index in [4.69, 9.17) is 57.8 Å². The molecular formula is C68H145IN12O14. The summed E-state index contributed by atoms with van der Waals surface area (Å²) in [6, 6.07) is 0. The number of carbonyl (C=O) groups is 5. The zero-order valence-corrected chi connectivity index (χ0v) is 65.6. The summed E-state index contributed by atoms with van der Waals surface area (Å²) in [5, 5.41) is 39.4. The quantitative estimate of drug-likeness (QED) is 0.00767. The van der Waals surface area contributed by atoms with Crippen LogP contribution >= 0.6 is 22.6 Å². The lowest BCUT2D eigenvalue weighted by Gasteiger charge is -2.24. The van der Waals surface area contributed by atoms with E-state index in [1.54, 1.807) is 40.8 Å². The molecule has 1 saturated heterocycles. The molecule has 1 aromatic heterocycles. The third-order valence-electron chi connectivity index (χ3n) is 10.6. The molecule has 0 aliphatic carbocycles. The standard InChI is InChI=1S/C20H40N2O5.C17H34N2O4.C9H23N3O.C8H12N2O2.C6H17N3.C4H10O.C3H6O.CH3I/c1-16(23)15-22(13-9-8-11-17(24)26-19(2,3)4)14-10-12-21-18(25)27-20(5,6)7;1-16(2,3)22-14(20)10-7-8-11-18-12-9-13-19-15(21)23-17(4,5)6;1-9(13)8-12(6-2-4-10)7-3-5-11;1-8(2,3)12-7(11)10-5-4-9-6-10;7-3-1-5-9-6-2-4-8;1-4(2,3)5;1-3-2-4-3;1-2/h16,23H,8-15H2,1-7H3,(H,21,25);18H,7-13H2,1-6H3,(H,19,21);9,13H,2-8,10-11H2,1H3;4-6H,1-3H3;9H,1-8H2;5H,1-3H3;3H,2H2,1H3;1H3/i;;;;;;;1D. The zero-order valence-electron chi connectivity index (χ0n) is 64.5. The Labute approximate surface area is 591 Å². The number of epoxide rings is 1. The molecule has 2 rings (SSSR count). The third-order valence-corrected chi connectivity index (χ3v) is 10.6. The molecule has 3 unspecified atom stereocenters. The number of ether oxygens (including phenoxy) is 6. The van der Waals surface area contributed by atoms with Crippen molar-refractivity contribution < 1.29 is 69.1 Å². The van der Waals surface area contributed by atoms with Gasteiger partial charge in [-0.15, -0.1) is 0 Å². The molecule has 568 valence electrons. The highest BCUT2D eigenvalue weighted by Gasteiger charge is 2.20. The molecule has 1 fully saturated rings. The Bertz CT molecular complexity index is 1870. The number of unbranched alkanes of at least 4 members (excludes halogenated alkanes) is 2. The maximum Gasteiger partial charge on any atom is 0.419 e. The van der Waals surface area contributed by atoms with E-state index < -0.39 is 51.9 Å². The average molecular weight is 1480 g/mol. The number of imidazole rings is 1. The molecule has 0 bridgehead atoms. The van der Waals surface area contributed by atoms with Crippen LogP contribution in [0.25, 0.3) is 0 Å². The summed E-state index contributed by atoms with van der Waals surface area (Å²) in [5.74, 6) is -0.315. The largest absolute Gasteiger partial charge is 0.460 e. The average Bonchev–Trinajstić information content (AvgIpc) is 1.75. The summed E-state index contributed by atoms with van der Waals surface area (Å²) in [6.45, 7) is 52.0. The van der Waals surface area contributed by atoms with Gasteiger partial charge in [-0.25, -0.2) is 23.9 Å². The highest BCUT2D eigenvalue weighted by molar-refractivity contribution is 14.1. The van der Waals surface area contributed by atoms with Gasteiger partial charge < -0.3 is 97.7 Å². The maximum absolute atomic E-state index is 11.7. The number of nitrogens with one attached hydrogen (secondary N) is 4. The lowest BCUT2D eigenvalue weighted by molar-refractivity contribution is -0.156. The first-order chi connectivity index (χ1) is 44.2. The Morgan fingerprint density at radius 1 is 0.558 bits per heavy atom. The predicted molar refractivity (Wildman–Crippen MR) is 395 cm³/mol. The van der Waals surface area contributed by atoms with Crippen molar-refractivity contribution in [1.29, 1.82) is 0 Å².